The molecule has 0 saturated carbocycles. The van der Waals surface area contributed by atoms with Crippen LogP contribution in [0.5, 0.6) is 0 Å². The number of amides is 2. The number of benzene rings is 1. The molecule has 1 aromatic carbocycles. The first kappa shape index (κ1) is 23.6. The number of nitro groups is 1. The number of thioether (sulfide) groups is 2. The van der Waals surface area contributed by atoms with Gasteiger partial charge in [0.25, 0.3) is 17.5 Å². The Morgan fingerprint density at radius 2 is 2.12 bits per heavy atom. The van der Waals surface area contributed by atoms with Crippen LogP contribution in [0.25, 0.3) is 0 Å². The molecule has 3 atom stereocenters. The number of ether oxygens (including phenoxy) is 1. The van der Waals surface area contributed by atoms with Crippen LogP contribution in [0.2, 0.25) is 0 Å². The standard InChI is InChI=1S/C20H19N5O7S2/c1-31-23-14(17-21-7-9-33-17)16(26)22-15-18(27)24-13(6-8-34-19(15)24)20(28)32-10-11-2-4-12(5-3-11)25(29)30/h2-7,9,15,17,19,21H,8,10H2,1H3,(H,22,26)/b23-14-. The Morgan fingerprint density at radius 1 is 1.35 bits per heavy atom. The number of oxime groups is 1. The van der Waals surface area contributed by atoms with Crippen LogP contribution in [0.15, 0.2) is 52.8 Å². The number of non-ortho nitro benzene ring substituents is 1. The molecule has 178 valence electrons. The van der Waals surface area contributed by atoms with Gasteiger partial charge in [0.05, 0.1) is 4.92 Å². The molecule has 12 nitrogen and oxygen atoms in total. The number of hydrogen-bond donors (Lipinski definition) is 2. The first-order valence-electron chi connectivity index (χ1n) is 9.94. The molecule has 1 saturated heterocycles. The Balaban J connectivity index is 1.36. The summed E-state index contributed by atoms with van der Waals surface area (Å²) in [6.07, 6.45) is 3.28. The minimum atomic E-state index is -0.829. The van der Waals surface area contributed by atoms with E-state index in [1.807, 2.05) is 0 Å². The maximum absolute atomic E-state index is 12.8. The van der Waals surface area contributed by atoms with Gasteiger partial charge in [-0.25, -0.2) is 4.79 Å². The third-order valence-electron chi connectivity index (χ3n) is 5.06. The van der Waals surface area contributed by atoms with E-state index in [0.29, 0.717) is 11.3 Å². The van der Waals surface area contributed by atoms with Gasteiger partial charge in [-0.3, -0.25) is 24.6 Å². The van der Waals surface area contributed by atoms with Crippen LogP contribution in [-0.2, 0) is 30.6 Å². The van der Waals surface area contributed by atoms with Gasteiger partial charge in [0.15, 0.2) is 5.71 Å². The zero-order valence-electron chi connectivity index (χ0n) is 17.7. The second-order valence-electron chi connectivity index (χ2n) is 7.12. The Labute approximate surface area is 201 Å². The number of hydrogen-bond acceptors (Lipinski definition) is 11. The number of nitrogens with zero attached hydrogens (tertiary/aromatic N) is 3. The van der Waals surface area contributed by atoms with Gasteiger partial charge in [0, 0.05) is 24.1 Å². The van der Waals surface area contributed by atoms with Gasteiger partial charge in [0.2, 0.25) is 0 Å². The highest BCUT2D eigenvalue weighted by molar-refractivity contribution is 8.03. The number of nitro benzene ring substituents is 1. The van der Waals surface area contributed by atoms with Crippen molar-refractivity contribution in [3.8, 4) is 0 Å². The maximum Gasteiger partial charge on any atom is 0.355 e. The molecule has 34 heavy (non-hydrogen) atoms. The van der Waals surface area contributed by atoms with Crippen molar-refractivity contribution in [2.45, 2.75) is 23.4 Å². The summed E-state index contributed by atoms with van der Waals surface area (Å²) in [4.78, 5) is 54.5. The van der Waals surface area contributed by atoms with Gasteiger partial charge in [-0.1, -0.05) is 5.16 Å². The highest BCUT2D eigenvalue weighted by Gasteiger charge is 2.53. The summed E-state index contributed by atoms with van der Waals surface area (Å²) in [5, 5.41) is 21.1. The van der Waals surface area contributed by atoms with Crippen LogP contribution in [0.4, 0.5) is 5.69 Å². The minimum Gasteiger partial charge on any atom is -0.456 e. The fraction of sp³-hybridized carbons (Fsp3) is 0.300. The van der Waals surface area contributed by atoms with Crippen LogP contribution in [0.3, 0.4) is 0 Å². The molecular weight excluding hydrogens is 486 g/mol. The second kappa shape index (κ2) is 10.2. The fourth-order valence-corrected chi connectivity index (χ4v) is 5.36. The predicted molar refractivity (Wildman–Crippen MR) is 124 cm³/mol. The van der Waals surface area contributed by atoms with Gasteiger partial charge in [-0.15, -0.1) is 23.5 Å². The van der Waals surface area contributed by atoms with Crippen molar-refractivity contribution in [1.29, 1.82) is 0 Å². The molecule has 0 bridgehead atoms. The molecule has 3 heterocycles. The third kappa shape index (κ3) is 4.72. The lowest BCUT2D eigenvalue weighted by molar-refractivity contribution is -0.384. The summed E-state index contributed by atoms with van der Waals surface area (Å²) in [7, 11) is 1.33. The van der Waals surface area contributed by atoms with E-state index in [4.69, 9.17) is 9.57 Å². The van der Waals surface area contributed by atoms with Crippen LogP contribution in [-0.4, -0.2) is 63.0 Å². The molecule has 4 rings (SSSR count). The molecule has 1 aromatic rings. The summed E-state index contributed by atoms with van der Waals surface area (Å²) in [5.41, 5.74) is 0.688. The smallest absolute Gasteiger partial charge is 0.355 e. The van der Waals surface area contributed by atoms with Crippen molar-refractivity contribution < 1.29 is 28.9 Å². The highest BCUT2D eigenvalue weighted by Crippen LogP contribution is 2.38. The summed E-state index contributed by atoms with van der Waals surface area (Å²) in [6.45, 7) is -0.106. The van der Waals surface area contributed by atoms with Gasteiger partial charge < -0.3 is 20.2 Å². The minimum absolute atomic E-state index is 0.0681. The largest absolute Gasteiger partial charge is 0.456 e. The number of β-lactam (4-membered cyclic amide) rings is 1. The summed E-state index contributed by atoms with van der Waals surface area (Å²) >= 11 is 2.74. The molecule has 0 spiro atoms. The second-order valence-corrected chi connectivity index (χ2v) is 9.28. The van der Waals surface area contributed by atoms with Crippen molar-refractivity contribution in [3.63, 3.8) is 0 Å². The van der Waals surface area contributed by atoms with Crippen molar-refractivity contribution in [1.82, 2.24) is 15.5 Å². The molecule has 2 amide bonds. The molecule has 2 N–H and O–H groups in total. The zero-order chi connectivity index (χ0) is 24.2. The summed E-state index contributed by atoms with van der Waals surface area (Å²) < 4.78 is 5.30. The molecule has 3 aliphatic heterocycles. The van der Waals surface area contributed by atoms with Crippen LogP contribution >= 0.6 is 23.5 Å². The first-order valence-corrected chi connectivity index (χ1v) is 11.9. The van der Waals surface area contributed by atoms with E-state index in [-0.39, 0.29) is 23.7 Å². The van der Waals surface area contributed by atoms with Gasteiger partial charge in [-0.2, -0.15) is 0 Å². The van der Waals surface area contributed by atoms with Gasteiger partial charge >= 0.3 is 5.97 Å². The van der Waals surface area contributed by atoms with Crippen molar-refractivity contribution in [2.24, 2.45) is 5.16 Å². The molecule has 3 aliphatic rings. The van der Waals surface area contributed by atoms with E-state index < -0.39 is 39.5 Å². The van der Waals surface area contributed by atoms with Gasteiger partial charge in [0.1, 0.15) is 36.2 Å². The molecular formula is C20H19N5O7S2. The van der Waals surface area contributed by atoms with E-state index >= 15 is 0 Å². The van der Waals surface area contributed by atoms with E-state index in [9.17, 15) is 24.5 Å². The normalized spacial score (nSPS) is 23.3. The average molecular weight is 506 g/mol. The van der Waals surface area contributed by atoms with Crippen molar-refractivity contribution in [2.75, 3.05) is 12.9 Å². The average Bonchev–Trinajstić information content (AvgIpc) is 3.38. The van der Waals surface area contributed by atoms with Crippen LogP contribution in [0.1, 0.15) is 5.56 Å². The Bertz CT molecular complexity index is 1100. The Kier molecular flexibility index (Phi) is 7.07. The first-order chi connectivity index (χ1) is 16.4. The number of esters is 1. The van der Waals surface area contributed by atoms with Gasteiger partial charge in [-0.05, 0) is 29.2 Å². The maximum atomic E-state index is 12.8. The fourth-order valence-electron chi connectivity index (χ4n) is 3.42. The number of carbonyl (C=O) groups is 3. The molecule has 0 radical (unpaired) electrons. The van der Waals surface area contributed by atoms with E-state index in [0.717, 1.165) is 0 Å². The zero-order valence-corrected chi connectivity index (χ0v) is 19.3. The predicted octanol–water partition coefficient (Wildman–Crippen LogP) is 1.06. The monoisotopic (exact) mass is 505 g/mol. The third-order valence-corrected chi connectivity index (χ3v) is 7.17. The molecule has 0 aromatic heterocycles. The Morgan fingerprint density at radius 3 is 2.76 bits per heavy atom. The molecule has 0 aliphatic carbocycles. The summed E-state index contributed by atoms with van der Waals surface area (Å²) in [6, 6.07) is 4.79. The molecule has 14 heteroatoms. The number of nitrogens with one attached hydrogen (secondary N) is 2. The van der Waals surface area contributed by atoms with E-state index in [1.165, 1.54) is 59.8 Å². The van der Waals surface area contributed by atoms with Crippen LogP contribution < -0.4 is 10.6 Å². The lowest BCUT2D eigenvalue weighted by Gasteiger charge is -2.48. The van der Waals surface area contributed by atoms with Crippen molar-refractivity contribution in [3.05, 3.63) is 63.3 Å². The van der Waals surface area contributed by atoms with Crippen molar-refractivity contribution >= 4 is 52.7 Å². The summed E-state index contributed by atoms with van der Waals surface area (Å²) in [5.74, 6) is -1.23. The van der Waals surface area contributed by atoms with E-state index in [1.54, 1.807) is 17.7 Å². The molecule has 1 fully saturated rings. The highest BCUT2D eigenvalue weighted by atomic mass is 32.2. The Hall–Kier alpha value is -3.52. The number of carbonyl (C=O) groups excluding carboxylic acids is 3. The SMILES string of the molecule is CO/N=C(/C(=O)NC1C(=O)N2C(C(=O)OCc3ccc([N+](=O)[O-])cc3)=CCSC12)C1NC=CS1. The van der Waals surface area contributed by atoms with E-state index in [2.05, 4.69) is 15.8 Å². The number of fused-ring (bicyclic) bond motifs is 1. The lowest BCUT2D eigenvalue weighted by Crippen LogP contribution is -2.71. The lowest BCUT2D eigenvalue weighted by atomic mass is 10.0. The topological polar surface area (TPSA) is 152 Å². The quantitative estimate of drug-likeness (QED) is 0.172. The molecule has 3 unspecified atom stereocenters. The van der Waals surface area contributed by atoms with Crippen LogP contribution in [0, 0.1) is 10.1 Å². The number of rotatable bonds is 8.